The molecular weight excluding hydrogens is 416 g/mol. The summed E-state index contributed by atoms with van der Waals surface area (Å²) in [6.45, 7) is 9.63. The minimum absolute atomic E-state index is 0.0504. The molecule has 0 unspecified atom stereocenters. The Hall–Kier alpha value is -2.50. The summed E-state index contributed by atoms with van der Waals surface area (Å²) in [4.78, 5) is 45.6. The predicted molar refractivity (Wildman–Crippen MR) is 115 cm³/mol. The molecule has 3 amide bonds. The summed E-state index contributed by atoms with van der Waals surface area (Å²) in [6.07, 6.45) is 0.293. The molecule has 32 heavy (non-hydrogen) atoms. The van der Waals surface area contributed by atoms with Crippen LogP contribution in [0.25, 0.3) is 0 Å². The third kappa shape index (κ3) is 5.84. The number of likely N-dealkylation sites (tertiary alicyclic amines) is 1. The van der Waals surface area contributed by atoms with Crippen LogP contribution in [0.4, 0.5) is 5.82 Å². The van der Waals surface area contributed by atoms with Gasteiger partial charge in [-0.25, -0.2) is 0 Å². The van der Waals surface area contributed by atoms with Gasteiger partial charge in [0.15, 0.2) is 5.82 Å². The summed E-state index contributed by atoms with van der Waals surface area (Å²) in [5.41, 5.74) is 0. The van der Waals surface area contributed by atoms with Gasteiger partial charge in [0.1, 0.15) is 5.76 Å². The number of aromatic nitrogens is 1. The van der Waals surface area contributed by atoms with Crippen molar-refractivity contribution in [2.45, 2.75) is 13.3 Å². The molecule has 0 aliphatic carbocycles. The number of ether oxygens (including phenoxy) is 1. The van der Waals surface area contributed by atoms with Crippen LogP contribution in [0, 0.1) is 12.8 Å². The molecule has 0 spiro atoms. The number of anilines is 1. The van der Waals surface area contributed by atoms with E-state index in [1.165, 1.54) is 0 Å². The van der Waals surface area contributed by atoms with Crippen LogP contribution in [0.15, 0.2) is 10.6 Å². The van der Waals surface area contributed by atoms with Gasteiger partial charge in [0.25, 0.3) is 0 Å². The second-order valence-corrected chi connectivity index (χ2v) is 8.67. The first kappa shape index (κ1) is 22.7. The van der Waals surface area contributed by atoms with Crippen molar-refractivity contribution >= 4 is 23.5 Å². The normalized spacial score (nSPS) is 23.0. The molecule has 0 radical (unpaired) electrons. The Kier molecular flexibility index (Phi) is 7.38. The minimum atomic E-state index is -0.266. The number of carbonyl (C=O) groups is 3. The second-order valence-electron chi connectivity index (χ2n) is 8.67. The topological polar surface area (TPSA) is 111 Å². The third-order valence-electron chi connectivity index (χ3n) is 6.30. The van der Waals surface area contributed by atoms with Crippen molar-refractivity contribution in [2.24, 2.45) is 5.92 Å². The zero-order valence-electron chi connectivity index (χ0n) is 18.6. The molecule has 3 aliphatic rings. The SMILES string of the molecule is Cc1cc(NC(=O)CN2CCN(C(=O)[C@H]3CC(=O)N(CCN4CCOCC4)C3)CC2)no1. The average molecular weight is 449 g/mol. The smallest absolute Gasteiger partial charge is 0.239 e. The van der Waals surface area contributed by atoms with E-state index in [-0.39, 0.29) is 30.2 Å². The molecule has 176 valence electrons. The maximum atomic E-state index is 13.0. The predicted octanol–water partition coefficient (Wildman–Crippen LogP) is -0.754. The molecule has 11 heteroatoms. The summed E-state index contributed by atoms with van der Waals surface area (Å²) in [6, 6.07) is 1.67. The number of nitrogens with zero attached hydrogens (tertiary/aromatic N) is 5. The fraction of sp³-hybridized carbons (Fsp3) is 0.714. The average Bonchev–Trinajstić information content (AvgIpc) is 3.37. The number of nitrogens with one attached hydrogen (secondary N) is 1. The van der Waals surface area contributed by atoms with Crippen LogP contribution in [-0.2, 0) is 19.1 Å². The highest BCUT2D eigenvalue weighted by molar-refractivity contribution is 5.91. The zero-order chi connectivity index (χ0) is 22.5. The monoisotopic (exact) mass is 448 g/mol. The van der Waals surface area contributed by atoms with E-state index in [9.17, 15) is 14.4 Å². The molecule has 11 nitrogen and oxygen atoms in total. The van der Waals surface area contributed by atoms with Crippen LogP contribution in [-0.4, -0.2) is 121 Å². The molecule has 4 rings (SSSR count). The van der Waals surface area contributed by atoms with Crippen LogP contribution >= 0.6 is 0 Å². The standard InChI is InChI=1S/C21H32N6O5/c1-16-12-18(23-32-16)22-19(28)15-25-3-5-26(6-4-25)21(30)17-13-20(29)27(14-17)7-2-24-8-10-31-11-9-24/h12,17H,2-11,13-15H2,1H3,(H,22,23,28)/t17-/m0/s1. The Bertz CT molecular complexity index is 815. The molecule has 0 bridgehead atoms. The van der Waals surface area contributed by atoms with Gasteiger partial charge in [-0.2, -0.15) is 0 Å². The maximum absolute atomic E-state index is 13.0. The van der Waals surface area contributed by atoms with Gasteiger partial charge < -0.3 is 24.4 Å². The van der Waals surface area contributed by atoms with Crippen molar-refractivity contribution in [3.8, 4) is 0 Å². The largest absolute Gasteiger partial charge is 0.379 e. The van der Waals surface area contributed by atoms with E-state index < -0.39 is 0 Å². The Morgan fingerprint density at radius 2 is 1.84 bits per heavy atom. The van der Waals surface area contributed by atoms with E-state index in [0.29, 0.717) is 57.3 Å². The number of carbonyl (C=O) groups excluding carboxylic acids is 3. The van der Waals surface area contributed by atoms with Crippen LogP contribution in [0.1, 0.15) is 12.2 Å². The molecule has 3 aliphatic heterocycles. The van der Waals surface area contributed by atoms with Gasteiger partial charge in [0.05, 0.1) is 25.7 Å². The number of rotatable bonds is 7. The fourth-order valence-electron chi connectivity index (χ4n) is 4.44. The van der Waals surface area contributed by atoms with Crippen LogP contribution in [0.5, 0.6) is 0 Å². The quantitative estimate of drug-likeness (QED) is 0.580. The first-order valence-corrected chi connectivity index (χ1v) is 11.3. The molecule has 4 heterocycles. The molecule has 1 aromatic heterocycles. The summed E-state index contributed by atoms with van der Waals surface area (Å²) in [5.74, 6) is 0.736. The third-order valence-corrected chi connectivity index (χ3v) is 6.30. The lowest BCUT2D eigenvalue weighted by atomic mass is 10.1. The molecule has 0 saturated carbocycles. The molecule has 0 aromatic carbocycles. The number of piperazine rings is 1. The fourth-order valence-corrected chi connectivity index (χ4v) is 4.44. The highest BCUT2D eigenvalue weighted by Crippen LogP contribution is 2.21. The summed E-state index contributed by atoms with van der Waals surface area (Å²) < 4.78 is 10.3. The maximum Gasteiger partial charge on any atom is 0.239 e. The molecule has 1 aromatic rings. The van der Waals surface area contributed by atoms with Crippen molar-refractivity contribution in [1.29, 1.82) is 0 Å². The Labute approximate surface area is 187 Å². The van der Waals surface area contributed by atoms with E-state index in [0.717, 1.165) is 32.8 Å². The van der Waals surface area contributed by atoms with E-state index in [1.807, 2.05) is 14.7 Å². The van der Waals surface area contributed by atoms with Gasteiger partial charge in [-0.15, -0.1) is 0 Å². The second kappa shape index (κ2) is 10.4. The van der Waals surface area contributed by atoms with E-state index in [1.54, 1.807) is 13.0 Å². The van der Waals surface area contributed by atoms with Crippen molar-refractivity contribution in [3.63, 3.8) is 0 Å². The number of hydrogen-bond acceptors (Lipinski definition) is 8. The summed E-state index contributed by atoms with van der Waals surface area (Å²) in [7, 11) is 0. The van der Waals surface area contributed by atoms with Gasteiger partial charge in [-0.1, -0.05) is 5.16 Å². The molecule has 3 fully saturated rings. The Morgan fingerprint density at radius 3 is 2.53 bits per heavy atom. The van der Waals surface area contributed by atoms with Gasteiger partial charge in [-0.05, 0) is 6.92 Å². The molecular formula is C21H32N6O5. The highest BCUT2D eigenvalue weighted by atomic mass is 16.5. The van der Waals surface area contributed by atoms with Gasteiger partial charge in [0, 0.05) is 71.4 Å². The van der Waals surface area contributed by atoms with Crippen molar-refractivity contribution in [1.82, 2.24) is 24.8 Å². The van der Waals surface area contributed by atoms with Crippen molar-refractivity contribution in [3.05, 3.63) is 11.8 Å². The first-order valence-electron chi connectivity index (χ1n) is 11.3. The van der Waals surface area contributed by atoms with Gasteiger partial charge in [0.2, 0.25) is 17.7 Å². The van der Waals surface area contributed by atoms with Crippen molar-refractivity contribution < 1.29 is 23.6 Å². The lowest BCUT2D eigenvalue weighted by molar-refractivity contribution is -0.137. The number of morpholine rings is 1. The Morgan fingerprint density at radius 1 is 1.09 bits per heavy atom. The lowest BCUT2D eigenvalue weighted by Crippen LogP contribution is -2.52. The molecule has 1 atom stereocenters. The van der Waals surface area contributed by atoms with Crippen LogP contribution < -0.4 is 5.32 Å². The number of hydrogen-bond donors (Lipinski definition) is 1. The molecule has 3 saturated heterocycles. The van der Waals surface area contributed by atoms with E-state index in [4.69, 9.17) is 9.26 Å². The Balaban J connectivity index is 1.17. The highest BCUT2D eigenvalue weighted by Gasteiger charge is 2.37. The van der Waals surface area contributed by atoms with E-state index in [2.05, 4.69) is 15.4 Å². The molecule has 1 N–H and O–H groups in total. The zero-order valence-corrected chi connectivity index (χ0v) is 18.6. The van der Waals surface area contributed by atoms with Crippen LogP contribution in [0.3, 0.4) is 0 Å². The van der Waals surface area contributed by atoms with Crippen molar-refractivity contribution in [2.75, 3.05) is 84.0 Å². The summed E-state index contributed by atoms with van der Waals surface area (Å²) in [5, 5.41) is 6.48. The number of aryl methyl sites for hydroxylation is 1. The first-order chi connectivity index (χ1) is 15.5. The van der Waals surface area contributed by atoms with Gasteiger partial charge in [-0.3, -0.25) is 24.2 Å². The van der Waals surface area contributed by atoms with Crippen LogP contribution in [0.2, 0.25) is 0 Å². The minimum Gasteiger partial charge on any atom is -0.379 e. The summed E-state index contributed by atoms with van der Waals surface area (Å²) >= 11 is 0. The van der Waals surface area contributed by atoms with Gasteiger partial charge >= 0.3 is 0 Å². The van der Waals surface area contributed by atoms with E-state index >= 15 is 0 Å². The lowest BCUT2D eigenvalue weighted by Gasteiger charge is -2.35. The number of amides is 3.